The van der Waals surface area contributed by atoms with E-state index in [0.29, 0.717) is 18.0 Å². The molecule has 0 radical (unpaired) electrons. The zero-order valence-corrected chi connectivity index (χ0v) is 17.1. The average molecular weight is 409 g/mol. The van der Waals surface area contributed by atoms with Gasteiger partial charge >= 0.3 is 0 Å². The lowest BCUT2D eigenvalue weighted by molar-refractivity contribution is -0.120. The van der Waals surface area contributed by atoms with Gasteiger partial charge in [0.15, 0.2) is 0 Å². The van der Waals surface area contributed by atoms with Crippen molar-refractivity contribution < 1.29 is 9.53 Å². The lowest BCUT2D eigenvalue weighted by Gasteiger charge is -2.28. The van der Waals surface area contributed by atoms with Crippen molar-refractivity contribution in [3.63, 3.8) is 0 Å². The van der Waals surface area contributed by atoms with Gasteiger partial charge in [0.2, 0.25) is 5.91 Å². The summed E-state index contributed by atoms with van der Waals surface area (Å²) in [4.78, 5) is 14.8. The molecule has 4 nitrogen and oxygen atoms in total. The second-order valence-corrected chi connectivity index (χ2v) is 7.08. The third kappa shape index (κ3) is 6.13. The summed E-state index contributed by atoms with van der Waals surface area (Å²) in [5, 5.41) is 3.79. The summed E-state index contributed by atoms with van der Waals surface area (Å²) in [7, 11) is 1.67. The van der Waals surface area contributed by atoms with Crippen LogP contribution in [0.4, 0.5) is 0 Å². The fraction of sp³-hybridized carbons (Fsp3) is 0.381. The van der Waals surface area contributed by atoms with Crippen molar-refractivity contribution in [2.24, 2.45) is 0 Å². The summed E-state index contributed by atoms with van der Waals surface area (Å²) < 4.78 is 5.25. The van der Waals surface area contributed by atoms with E-state index < -0.39 is 0 Å². The number of likely N-dealkylation sites (tertiary alicyclic amines) is 1. The van der Waals surface area contributed by atoms with Gasteiger partial charge in [-0.1, -0.05) is 35.9 Å². The Labute approximate surface area is 172 Å². The molecule has 1 aliphatic rings. The quantitative estimate of drug-likeness (QED) is 0.743. The van der Waals surface area contributed by atoms with E-state index in [2.05, 4.69) is 22.3 Å². The van der Waals surface area contributed by atoms with Crippen molar-refractivity contribution in [3.8, 4) is 5.75 Å². The van der Waals surface area contributed by atoms with Gasteiger partial charge in [-0.05, 0) is 61.3 Å². The number of rotatable bonds is 7. The van der Waals surface area contributed by atoms with E-state index in [1.807, 2.05) is 36.4 Å². The maximum absolute atomic E-state index is 12.4. The molecule has 0 aromatic heterocycles. The smallest absolute Gasteiger partial charge is 0.224 e. The van der Waals surface area contributed by atoms with E-state index in [9.17, 15) is 4.79 Å². The lowest BCUT2D eigenvalue weighted by Crippen LogP contribution is -2.37. The number of benzene rings is 2. The first-order chi connectivity index (χ1) is 12.7. The highest BCUT2D eigenvalue weighted by Crippen LogP contribution is 2.26. The van der Waals surface area contributed by atoms with Gasteiger partial charge in [0.25, 0.3) is 0 Å². The van der Waals surface area contributed by atoms with Gasteiger partial charge in [0.05, 0.1) is 19.6 Å². The molecule has 1 saturated heterocycles. The van der Waals surface area contributed by atoms with Crippen LogP contribution in [0.1, 0.15) is 30.0 Å². The number of ether oxygens (including phenoxy) is 1. The lowest BCUT2D eigenvalue weighted by atomic mass is 10.0. The number of hydrogen-bond acceptors (Lipinski definition) is 3. The first-order valence-corrected chi connectivity index (χ1v) is 9.42. The molecule has 6 heteroatoms. The number of nitrogens with zero attached hydrogens (tertiary/aromatic N) is 1. The molecule has 0 bridgehead atoms. The highest BCUT2D eigenvalue weighted by molar-refractivity contribution is 6.30. The first-order valence-electron chi connectivity index (χ1n) is 9.05. The van der Waals surface area contributed by atoms with Crippen LogP contribution in [-0.2, 0) is 11.2 Å². The van der Waals surface area contributed by atoms with Gasteiger partial charge < -0.3 is 10.1 Å². The number of methoxy groups -OCH3 is 1. The molecule has 146 valence electrons. The van der Waals surface area contributed by atoms with Crippen molar-refractivity contribution in [2.45, 2.75) is 25.3 Å². The molecule has 1 heterocycles. The number of hydrogen-bond donors (Lipinski definition) is 1. The molecule has 1 amide bonds. The molecule has 0 aliphatic carbocycles. The Hall–Kier alpha value is -1.75. The van der Waals surface area contributed by atoms with Gasteiger partial charge in [-0.3, -0.25) is 9.69 Å². The number of halogens is 2. The van der Waals surface area contributed by atoms with Crippen LogP contribution in [0, 0.1) is 0 Å². The molecule has 1 atom stereocenters. The second-order valence-electron chi connectivity index (χ2n) is 6.64. The van der Waals surface area contributed by atoms with Crippen molar-refractivity contribution in [3.05, 3.63) is 64.7 Å². The minimum absolute atomic E-state index is 0. The normalized spacial score (nSPS) is 15.0. The Morgan fingerprint density at radius 1 is 1.11 bits per heavy atom. The van der Waals surface area contributed by atoms with Gasteiger partial charge in [0.1, 0.15) is 5.75 Å². The molecule has 3 rings (SSSR count). The molecule has 1 N–H and O–H groups in total. The van der Waals surface area contributed by atoms with Crippen molar-refractivity contribution in [1.29, 1.82) is 0 Å². The zero-order valence-electron chi connectivity index (χ0n) is 15.5. The molecule has 27 heavy (non-hydrogen) atoms. The highest BCUT2D eigenvalue weighted by atomic mass is 35.5. The molecule has 1 fully saturated rings. The molecule has 0 spiro atoms. The van der Waals surface area contributed by atoms with E-state index in [1.165, 1.54) is 18.4 Å². The maximum Gasteiger partial charge on any atom is 0.224 e. The predicted molar refractivity (Wildman–Crippen MR) is 112 cm³/mol. The highest BCUT2D eigenvalue weighted by Gasteiger charge is 2.24. The van der Waals surface area contributed by atoms with Crippen LogP contribution in [0.25, 0.3) is 0 Å². The summed E-state index contributed by atoms with van der Waals surface area (Å²) in [5.74, 6) is 0.880. The molecule has 2 aromatic carbocycles. The van der Waals surface area contributed by atoms with E-state index >= 15 is 0 Å². The SMILES string of the molecule is COc1ccc(C(CNC(=O)Cc2ccc(Cl)cc2)N2CCCC2)cc1.Cl. The Bertz CT molecular complexity index is 714. The van der Waals surface area contributed by atoms with Crippen LogP contribution < -0.4 is 10.1 Å². The standard InChI is InChI=1S/C21H25ClN2O2.ClH/c1-26-19-10-6-17(7-11-19)20(24-12-2-3-13-24)15-23-21(25)14-16-4-8-18(22)9-5-16;/h4-11,20H,2-3,12-15H2,1H3,(H,23,25);1H. The van der Waals surface area contributed by atoms with Crippen LogP contribution in [0.15, 0.2) is 48.5 Å². The minimum atomic E-state index is 0. The number of carbonyl (C=O) groups is 1. The van der Waals surface area contributed by atoms with Crippen molar-refractivity contribution in [2.75, 3.05) is 26.7 Å². The summed E-state index contributed by atoms with van der Waals surface area (Å²) in [6, 6.07) is 15.7. The summed E-state index contributed by atoms with van der Waals surface area (Å²) >= 11 is 5.90. The number of amides is 1. The monoisotopic (exact) mass is 408 g/mol. The molecule has 1 aliphatic heterocycles. The Kier molecular flexibility index (Phi) is 8.42. The van der Waals surface area contributed by atoms with Crippen LogP contribution in [0.3, 0.4) is 0 Å². The van der Waals surface area contributed by atoms with Gasteiger partial charge in [-0.2, -0.15) is 0 Å². The topological polar surface area (TPSA) is 41.6 Å². The largest absolute Gasteiger partial charge is 0.497 e. The second kappa shape index (κ2) is 10.5. The maximum atomic E-state index is 12.4. The number of carbonyl (C=O) groups excluding carboxylic acids is 1. The molecule has 0 saturated carbocycles. The van der Waals surface area contributed by atoms with Gasteiger partial charge in [-0.25, -0.2) is 0 Å². The third-order valence-electron chi connectivity index (χ3n) is 4.85. The van der Waals surface area contributed by atoms with Gasteiger partial charge in [0, 0.05) is 11.6 Å². The Morgan fingerprint density at radius 2 is 1.74 bits per heavy atom. The zero-order chi connectivity index (χ0) is 18.4. The fourth-order valence-electron chi connectivity index (χ4n) is 3.40. The van der Waals surface area contributed by atoms with E-state index in [-0.39, 0.29) is 24.4 Å². The third-order valence-corrected chi connectivity index (χ3v) is 5.10. The Morgan fingerprint density at radius 3 is 2.33 bits per heavy atom. The summed E-state index contributed by atoms with van der Waals surface area (Å²) in [5.41, 5.74) is 2.17. The van der Waals surface area contributed by atoms with E-state index in [4.69, 9.17) is 16.3 Å². The molecule has 2 aromatic rings. The van der Waals surface area contributed by atoms with Crippen LogP contribution >= 0.6 is 24.0 Å². The molecular formula is C21H26Cl2N2O2. The summed E-state index contributed by atoms with van der Waals surface area (Å²) in [6.07, 6.45) is 2.79. The van der Waals surface area contributed by atoms with E-state index in [1.54, 1.807) is 7.11 Å². The molecular weight excluding hydrogens is 383 g/mol. The van der Waals surface area contributed by atoms with Gasteiger partial charge in [-0.15, -0.1) is 12.4 Å². The minimum Gasteiger partial charge on any atom is -0.497 e. The van der Waals surface area contributed by atoms with Crippen LogP contribution in [0.2, 0.25) is 5.02 Å². The Balaban J connectivity index is 0.00000261. The molecule has 1 unspecified atom stereocenters. The van der Waals surface area contributed by atoms with Crippen molar-refractivity contribution >= 4 is 29.9 Å². The average Bonchev–Trinajstić information content (AvgIpc) is 3.19. The van der Waals surface area contributed by atoms with Crippen LogP contribution in [0.5, 0.6) is 5.75 Å². The van der Waals surface area contributed by atoms with Crippen LogP contribution in [-0.4, -0.2) is 37.6 Å². The first kappa shape index (κ1) is 21.5. The summed E-state index contributed by atoms with van der Waals surface area (Å²) in [6.45, 7) is 2.76. The number of nitrogens with one attached hydrogen (secondary N) is 1. The van der Waals surface area contributed by atoms with E-state index in [0.717, 1.165) is 24.4 Å². The fourth-order valence-corrected chi connectivity index (χ4v) is 3.52. The van der Waals surface area contributed by atoms with Crippen molar-refractivity contribution in [1.82, 2.24) is 10.2 Å². The predicted octanol–water partition coefficient (Wildman–Crippen LogP) is 4.27.